The van der Waals surface area contributed by atoms with Crippen molar-refractivity contribution in [1.29, 1.82) is 0 Å². The summed E-state index contributed by atoms with van der Waals surface area (Å²) in [5, 5.41) is 10.0. The Morgan fingerprint density at radius 1 is 1.48 bits per heavy atom. The first kappa shape index (κ1) is 17.4. The van der Waals surface area contributed by atoms with Crippen molar-refractivity contribution in [3.05, 3.63) is 30.2 Å². The summed E-state index contributed by atoms with van der Waals surface area (Å²) in [4.78, 5) is 16.3. The number of morpholine rings is 1. The third-order valence-corrected chi connectivity index (χ3v) is 3.36. The molecule has 1 aromatic carbocycles. The van der Waals surface area contributed by atoms with Gasteiger partial charge in [0.2, 0.25) is 17.6 Å². The summed E-state index contributed by atoms with van der Waals surface area (Å²) in [5.74, 6) is 0.966. The minimum atomic E-state index is -0.0514. The van der Waals surface area contributed by atoms with E-state index in [2.05, 4.69) is 20.8 Å². The van der Waals surface area contributed by atoms with Gasteiger partial charge in [-0.15, -0.1) is 12.4 Å². The molecule has 0 spiro atoms. The number of aryl methyl sites for hydroxylation is 1. The standard InChI is InChI=1S/C15H18N4O3.ClH/c1-10-17-15(19-22-10)11-3-2-4-12(7-11)18-14(20)8-13-9-21-6-5-16-13;/h2-4,7,13,16H,5-6,8-9H2,1H3,(H,18,20);1H. The van der Waals surface area contributed by atoms with Crippen LogP contribution in [0.25, 0.3) is 11.4 Å². The third-order valence-electron chi connectivity index (χ3n) is 3.36. The molecule has 1 aromatic heterocycles. The van der Waals surface area contributed by atoms with Crippen LogP contribution in [0.1, 0.15) is 12.3 Å². The molecule has 1 saturated heterocycles. The summed E-state index contributed by atoms with van der Waals surface area (Å²) >= 11 is 0. The Morgan fingerprint density at radius 3 is 3.04 bits per heavy atom. The average molecular weight is 339 g/mol. The number of rotatable bonds is 4. The van der Waals surface area contributed by atoms with Gasteiger partial charge in [0.15, 0.2) is 0 Å². The Morgan fingerprint density at radius 2 is 2.35 bits per heavy atom. The Balaban J connectivity index is 0.00000192. The lowest BCUT2D eigenvalue weighted by atomic mass is 10.1. The molecule has 1 amide bonds. The van der Waals surface area contributed by atoms with Gasteiger partial charge in [0.05, 0.1) is 13.2 Å². The van der Waals surface area contributed by atoms with Crippen molar-refractivity contribution in [1.82, 2.24) is 15.5 Å². The molecule has 1 aliphatic rings. The molecule has 1 unspecified atom stereocenters. The van der Waals surface area contributed by atoms with Gasteiger partial charge in [-0.1, -0.05) is 17.3 Å². The summed E-state index contributed by atoms with van der Waals surface area (Å²) < 4.78 is 10.3. The predicted molar refractivity (Wildman–Crippen MR) is 87.6 cm³/mol. The SMILES string of the molecule is Cc1nc(-c2cccc(NC(=O)CC3COCCN3)c2)no1.Cl. The zero-order valence-electron chi connectivity index (χ0n) is 12.7. The monoisotopic (exact) mass is 338 g/mol. The van der Waals surface area contributed by atoms with Crippen molar-refractivity contribution in [2.24, 2.45) is 0 Å². The number of carbonyl (C=O) groups is 1. The van der Waals surface area contributed by atoms with Crippen molar-refractivity contribution < 1.29 is 14.1 Å². The average Bonchev–Trinajstić information content (AvgIpc) is 2.95. The summed E-state index contributed by atoms with van der Waals surface area (Å²) in [6.45, 7) is 3.78. The smallest absolute Gasteiger partial charge is 0.226 e. The number of anilines is 1. The fourth-order valence-electron chi connectivity index (χ4n) is 2.34. The summed E-state index contributed by atoms with van der Waals surface area (Å²) in [6.07, 6.45) is 0.381. The van der Waals surface area contributed by atoms with E-state index >= 15 is 0 Å². The van der Waals surface area contributed by atoms with Gasteiger partial charge < -0.3 is 19.9 Å². The van der Waals surface area contributed by atoms with E-state index in [1.165, 1.54) is 0 Å². The van der Waals surface area contributed by atoms with Crippen LogP contribution < -0.4 is 10.6 Å². The van der Waals surface area contributed by atoms with Crippen molar-refractivity contribution in [2.75, 3.05) is 25.1 Å². The number of nitrogens with zero attached hydrogens (tertiary/aromatic N) is 2. The zero-order valence-corrected chi connectivity index (χ0v) is 13.6. The first-order valence-corrected chi connectivity index (χ1v) is 7.22. The van der Waals surface area contributed by atoms with Crippen molar-refractivity contribution in [3.8, 4) is 11.4 Å². The quantitative estimate of drug-likeness (QED) is 0.883. The molecular weight excluding hydrogens is 320 g/mol. The fourth-order valence-corrected chi connectivity index (χ4v) is 2.34. The Bertz CT molecular complexity index is 656. The number of halogens is 1. The van der Waals surface area contributed by atoms with E-state index in [1.807, 2.05) is 24.3 Å². The molecule has 1 fully saturated rings. The molecular formula is C15H19ClN4O3. The van der Waals surface area contributed by atoms with Crippen LogP contribution in [0.5, 0.6) is 0 Å². The highest BCUT2D eigenvalue weighted by Gasteiger charge is 2.17. The first-order valence-electron chi connectivity index (χ1n) is 7.22. The van der Waals surface area contributed by atoms with Gasteiger partial charge in [-0.05, 0) is 12.1 Å². The summed E-state index contributed by atoms with van der Waals surface area (Å²) in [6, 6.07) is 7.44. The lowest BCUT2D eigenvalue weighted by Gasteiger charge is -2.23. The Kier molecular flexibility index (Phi) is 6.09. The molecule has 8 heteroatoms. The molecule has 2 aromatic rings. The molecule has 0 radical (unpaired) electrons. The van der Waals surface area contributed by atoms with E-state index in [9.17, 15) is 4.79 Å². The molecule has 2 N–H and O–H groups in total. The van der Waals surface area contributed by atoms with Crippen molar-refractivity contribution in [3.63, 3.8) is 0 Å². The highest BCUT2D eigenvalue weighted by Crippen LogP contribution is 2.20. The number of ether oxygens (including phenoxy) is 1. The van der Waals surface area contributed by atoms with E-state index in [0.717, 1.165) is 12.1 Å². The van der Waals surface area contributed by atoms with Crippen LogP contribution in [0.3, 0.4) is 0 Å². The molecule has 0 bridgehead atoms. The maximum atomic E-state index is 12.1. The second-order valence-electron chi connectivity index (χ2n) is 5.20. The fraction of sp³-hybridized carbons (Fsp3) is 0.400. The number of aromatic nitrogens is 2. The second-order valence-corrected chi connectivity index (χ2v) is 5.20. The van der Waals surface area contributed by atoms with E-state index in [-0.39, 0.29) is 24.4 Å². The zero-order chi connectivity index (χ0) is 15.4. The van der Waals surface area contributed by atoms with E-state index in [4.69, 9.17) is 9.26 Å². The van der Waals surface area contributed by atoms with Crippen molar-refractivity contribution in [2.45, 2.75) is 19.4 Å². The van der Waals surface area contributed by atoms with Crippen LogP contribution in [0.2, 0.25) is 0 Å². The number of hydrogen-bond donors (Lipinski definition) is 2. The minimum absolute atomic E-state index is 0. The molecule has 23 heavy (non-hydrogen) atoms. The normalized spacial score (nSPS) is 17.3. The van der Waals surface area contributed by atoms with Crippen LogP contribution in [-0.4, -0.2) is 41.8 Å². The molecule has 7 nitrogen and oxygen atoms in total. The highest BCUT2D eigenvalue weighted by atomic mass is 35.5. The molecule has 1 aliphatic heterocycles. The van der Waals surface area contributed by atoms with Crippen molar-refractivity contribution >= 4 is 24.0 Å². The molecule has 0 saturated carbocycles. The van der Waals surface area contributed by atoms with Gasteiger partial charge in [-0.25, -0.2) is 0 Å². The topological polar surface area (TPSA) is 89.3 Å². The first-order chi connectivity index (χ1) is 10.7. The number of carbonyl (C=O) groups excluding carboxylic acids is 1. The Labute approximate surface area is 140 Å². The predicted octanol–water partition coefficient (Wildman–Crippen LogP) is 1.78. The van der Waals surface area contributed by atoms with Crippen LogP contribution in [0.15, 0.2) is 28.8 Å². The van der Waals surface area contributed by atoms with Gasteiger partial charge in [0.1, 0.15) is 0 Å². The van der Waals surface area contributed by atoms with Gasteiger partial charge in [-0.3, -0.25) is 4.79 Å². The van der Waals surface area contributed by atoms with E-state index < -0.39 is 0 Å². The molecule has 0 aliphatic carbocycles. The van der Waals surface area contributed by atoms with Crippen LogP contribution in [0, 0.1) is 6.92 Å². The molecule has 124 valence electrons. The molecule has 3 rings (SSSR count). The lowest BCUT2D eigenvalue weighted by molar-refractivity contribution is -0.117. The van der Waals surface area contributed by atoms with Gasteiger partial charge in [-0.2, -0.15) is 4.98 Å². The van der Waals surface area contributed by atoms with E-state index in [1.54, 1.807) is 6.92 Å². The van der Waals surface area contributed by atoms with Crippen LogP contribution >= 0.6 is 12.4 Å². The third kappa shape index (κ3) is 4.75. The maximum absolute atomic E-state index is 12.1. The Hall–Kier alpha value is -1.96. The number of amides is 1. The lowest BCUT2D eigenvalue weighted by Crippen LogP contribution is -2.43. The molecule has 2 heterocycles. The van der Waals surface area contributed by atoms with Crippen LogP contribution in [-0.2, 0) is 9.53 Å². The van der Waals surface area contributed by atoms with E-state index in [0.29, 0.717) is 37.0 Å². The number of hydrogen-bond acceptors (Lipinski definition) is 6. The number of benzene rings is 1. The number of nitrogens with one attached hydrogen (secondary N) is 2. The largest absolute Gasteiger partial charge is 0.378 e. The summed E-state index contributed by atoms with van der Waals surface area (Å²) in [7, 11) is 0. The van der Waals surface area contributed by atoms with Crippen LogP contribution in [0.4, 0.5) is 5.69 Å². The highest BCUT2D eigenvalue weighted by molar-refractivity contribution is 5.91. The summed E-state index contributed by atoms with van der Waals surface area (Å²) in [5.41, 5.74) is 1.51. The van der Waals surface area contributed by atoms with Gasteiger partial charge in [0, 0.05) is 37.2 Å². The molecule has 1 atom stereocenters. The minimum Gasteiger partial charge on any atom is -0.378 e. The van der Waals surface area contributed by atoms with Gasteiger partial charge in [0.25, 0.3) is 0 Å². The van der Waals surface area contributed by atoms with Gasteiger partial charge >= 0.3 is 0 Å². The maximum Gasteiger partial charge on any atom is 0.226 e. The second kappa shape index (κ2) is 8.05.